The Bertz CT molecular complexity index is 671. The van der Waals surface area contributed by atoms with Crippen molar-refractivity contribution >= 4 is 16.8 Å². The monoisotopic (exact) mass is 283 g/mol. The molecule has 0 radical (unpaired) electrons. The van der Waals surface area contributed by atoms with Gasteiger partial charge in [0.15, 0.2) is 0 Å². The molecule has 3 rings (SSSR count). The first-order valence-corrected chi connectivity index (χ1v) is 7.46. The fourth-order valence-corrected chi connectivity index (χ4v) is 2.87. The summed E-state index contributed by atoms with van der Waals surface area (Å²) < 4.78 is 0. The predicted molar refractivity (Wildman–Crippen MR) is 85.0 cm³/mol. The zero-order chi connectivity index (χ0) is 14.7. The van der Waals surface area contributed by atoms with Crippen LogP contribution in [0.5, 0.6) is 0 Å². The van der Waals surface area contributed by atoms with Crippen LogP contribution in [-0.4, -0.2) is 35.4 Å². The van der Waals surface area contributed by atoms with Crippen molar-refractivity contribution in [1.82, 2.24) is 15.2 Å². The van der Waals surface area contributed by atoms with E-state index in [4.69, 9.17) is 0 Å². The number of benzene rings is 1. The van der Waals surface area contributed by atoms with E-state index in [1.807, 2.05) is 0 Å². The average Bonchev–Trinajstić information content (AvgIpc) is 2.89. The Morgan fingerprint density at radius 2 is 2.24 bits per heavy atom. The normalized spacial score (nSPS) is 16.0. The highest BCUT2D eigenvalue weighted by Gasteiger charge is 2.13. The number of aromatic nitrogens is 1. The molecule has 0 saturated carbocycles. The SMILES string of the molecule is CC(=O)NC1=CCN(CCc2c[nH]c3ccccc23)CC1. The van der Waals surface area contributed by atoms with Crippen molar-refractivity contribution in [2.45, 2.75) is 19.8 Å². The van der Waals surface area contributed by atoms with Crippen LogP contribution in [0.25, 0.3) is 10.9 Å². The summed E-state index contributed by atoms with van der Waals surface area (Å²) >= 11 is 0. The molecule has 1 aromatic carbocycles. The van der Waals surface area contributed by atoms with Gasteiger partial charge in [-0.2, -0.15) is 0 Å². The Labute approximate surface area is 124 Å². The number of hydrogen-bond acceptors (Lipinski definition) is 2. The number of aromatic amines is 1. The molecule has 0 atom stereocenters. The molecule has 21 heavy (non-hydrogen) atoms. The number of nitrogens with one attached hydrogen (secondary N) is 2. The van der Waals surface area contributed by atoms with Crippen LogP contribution in [-0.2, 0) is 11.2 Å². The molecule has 110 valence electrons. The van der Waals surface area contributed by atoms with E-state index in [1.165, 1.54) is 16.5 Å². The summed E-state index contributed by atoms with van der Waals surface area (Å²) in [6, 6.07) is 8.43. The molecule has 1 aliphatic heterocycles. The predicted octanol–water partition coefficient (Wildman–Crippen LogP) is 2.44. The number of H-pyrrole nitrogens is 1. The van der Waals surface area contributed by atoms with Gasteiger partial charge in [-0.05, 0) is 18.1 Å². The second-order valence-corrected chi connectivity index (χ2v) is 5.57. The standard InChI is InChI=1S/C17H21N3O/c1-13(21)19-15-7-10-20(11-8-15)9-6-14-12-18-17-5-3-2-4-16(14)17/h2-5,7,12,18H,6,8-11H2,1H3,(H,19,21). The Hall–Kier alpha value is -2.07. The second kappa shape index (κ2) is 6.14. The third-order valence-corrected chi connectivity index (χ3v) is 4.00. The maximum atomic E-state index is 11.0. The van der Waals surface area contributed by atoms with Crippen LogP contribution in [0.2, 0.25) is 0 Å². The molecule has 0 unspecified atom stereocenters. The van der Waals surface area contributed by atoms with Crippen molar-refractivity contribution in [2.75, 3.05) is 19.6 Å². The second-order valence-electron chi connectivity index (χ2n) is 5.57. The van der Waals surface area contributed by atoms with Gasteiger partial charge in [0.2, 0.25) is 5.91 Å². The van der Waals surface area contributed by atoms with Crippen molar-refractivity contribution in [3.05, 3.63) is 47.8 Å². The van der Waals surface area contributed by atoms with E-state index < -0.39 is 0 Å². The number of para-hydroxylation sites is 1. The molecular formula is C17H21N3O. The van der Waals surface area contributed by atoms with Crippen molar-refractivity contribution in [2.24, 2.45) is 0 Å². The molecule has 2 heterocycles. The van der Waals surface area contributed by atoms with E-state index >= 15 is 0 Å². The molecule has 1 aliphatic rings. The first kappa shape index (κ1) is 13.9. The third kappa shape index (κ3) is 3.34. The van der Waals surface area contributed by atoms with Gasteiger partial charge in [0.05, 0.1) is 0 Å². The fraction of sp³-hybridized carbons (Fsp3) is 0.353. The Balaban J connectivity index is 1.57. The minimum absolute atomic E-state index is 0.0218. The summed E-state index contributed by atoms with van der Waals surface area (Å²) in [5.41, 5.74) is 3.65. The number of hydrogen-bond donors (Lipinski definition) is 2. The smallest absolute Gasteiger partial charge is 0.220 e. The Morgan fingerprint density at radius 3 is 3.00 bits per heavy atom. The quantitative estimate of drug-likeness (QED) is 0.905. The molecule has 1 amide bonds. The lowest BCUT2D eigenvalue weighted by atomic mass is 10.1. The lowest BCUT2D eigenvalue weighted by Gasteiger charge is -2.26. The number of fused-ring (bicyclic) bond motifs is 1. The van der Waals surface area contributed by atoms with Crippen molar-refractivity contribution in [3.63, 3.8) is 0 Å². The largest absolute Gasteiger partial charge is 0.361 e. The molecule has 4 heteroatoms. The highest BCUT2D eigenvalue weighted by molar-refractivity contribution is 5.83. The maximum absolute atomic E-state index is 11.0. The first-order valence-electron chi connectivity index (χ1n) is 7.46. The lowest BCUT2D eigenvalue weighted by molar-refractivity contribution is -0.118. The fourth-order valence-electron chi connectivity index (χ4n) is 2.87. The van der Waals surface area contributed by atoms with Crippen LogP contribution in [0, 0.1) is 0 Å². The summed E-state index contributed by atoms with van der Waals surface area (Å²) in [5, 5.41) is 4.21. The minimum atomic E-state index is 0.0218. The topological polar surface area (TPSA) is 48.1 Å². The van der Waals surface area contributed by atoms with Crippen LogP contribution >= 0.6 is 0 Å². The van der Waals surface area contributed by atoms with Gasteiger partial charge in [-0.15, -0.1) is 0 Å². The zero-order valence-electron chi connectivity index (χ0n) is 12.4. The number of nitrogens with zero attached hydrogens (tertiary/aromatic N) is 1. The van der Waals surface area contributed by atoms with Crippen LogP contribution < -0.4 is 5.32 Å². The van der Waals surface area contributed by atoms with Gasteiger partial charge < -0.3 is 10.3 Å². The summed E-state index contributed by atoms with van der Waals surface area (Å²) in [7, 11) is 0. The van der Waals surface area contributed by atoms with Crippen molar-refractivity contribution in [1.29, 1.82) is 0 Å². The van der Waals surface area contributed by atoms with Crippen molar-refractivity contribution in [3.8, 4) is 0 Å². The van der Waals surface area contributed by atoms with Gasteiger partial charge in [-0.3, -0.25) is 9.69 Å². The summed E-state index contributed by atoms with van der Waals surface area (Å²) in [6.07, 6.45) is 6.22. The molecule has 0 fully saturated rings. The lowest BCUT2D eigenvalue weighted by Crippen LogP contribution is -2.34. The highest BCUT2D eigenvalue weighted by Crippen LogP contribution is 2.19. The third-order valence-electron chi connectivity index (χ3n) is 4.00. The van der Waals surface area contributed by atoms with Gasteiger partial charge in [0.1, 0.15) is 0 Å². The minimum Gasteiger partial charge on any atom is -0.361 e. The van der Waals surface area contributed by atoms with E-state index in [0.29, 0.717) is 0 Å². The number of carbonyl (C=O) groups excluding carboxylic acids is 1. The Morgan fingerprint density at radius 1 is 1.38 bits per heavy atom. The molecule has 0 saturated heterocycles. The molecule has 1 aromatic heterocycles. The van der Waals surface area contributed by atoms with Crippen molar-refractivity contribution < 1.29 is 4.79 Å². The van der Waals surface area contributed by atoms with Gasteiger partial charge in [-0.25, -0.2) is 0 Å². The van der Waals surface area contributed by atoms with E-state index in [9.17, 15) is 4.79 Å². The molecule has 4 nitrogen and oxygen atoms in total. The molecule has 0 bridgehead atoms. The van der Waals surface area contributed by atoms with E-state index in [0.717, 1.165) is 38.2 Å². The van der Waals surface area contributed by atoms with E-state index in [-0.39, 0.29) is 5.91 Å². The maximum Gasteiger partial charge on any atom is 0.220 e. The molecule has 2 N–H and O–H groups in total. The molecule has 0 spiro atoms. The van der Waals surface area contributed by atoms with Crippen LogP contribution in [0.15, 0.2) is 42.2 Å². The van der Waals surface area contributed by atoms with Gasteiger partial charge in [0.25, 0.3) is 0 Å². The van der Waals surface area contributed by atoms with E-state index in [1.54, 1.807) is 6.92 Å². The summed E-state index contributed by atoms with van der Waals surface area (Å²) in [6.45, 7) is 4.53. The van der Waals surface area contributed by atoms with Gasteiger partial charge >= 0.3 is 0 Å². The zero-order valence-corrected chi connectivity index (χ0v) is 12.4. The molecule has 0 aliphatic carbocycles. The summed E-state index contributed by atoms with van der Waals surface area (Å²) in [5.74, 6) is 0.0218. The Kier molecular flexibility index (Phi) is 4.06. The average molecular weight is 283 g/mol. The number of carbonyl (C=O) groups is 1. The van der Waals surface area contributed by atoms with Crippen LogP contribution in [0.3, 0.4) is 0 Å². The number of amides is 1. The number of rotatable bonds is 4. The first-order chi connectivity index (χ1) is 10.2. The highest BCUT2D eigenvalue weighted by atomic mass is 16.1. The molecule has 2 aromatic rings. The summed E-state index contributed by atoms with van der Waals surface area (Å²) in [4.78, 5) is 16.8. The molecular weight excluding hydrogens is 262 g/mol. The van der Waals surface area contributed by atoms with Crippen LogP contribution in [0.1, 0.15) is 18.9 Å². The van der Waals surface area contributed by atoms with E-state index in [2.05, 4.69) is 51.7 Å². The van der Waals surface area contributed by atoms with Gasteiger partial charge in [-0.1, -0.05) is 24.3 Å². The van der Waals surface area contributed by atoms with Gasteiger partial charge in [0, 0.05) is 55.8 Å². The van der Waals surface area contributed by atoms with Crippen LogP contribution in [0.4, 0.5) is 0 Å².